The molecule has 1 aromatic carbocycles. The number of rotatable bonds is 6. The standard InChI is InChI=1S/C14H18N2O4/c1-3-16(4-2)5-6-20-14(19)9-7-8-11(15)10(12(8)17)13(9)18/h7,18H,3-6,15H2,1-2H3. The van der Waals surface area contributed by atoms with Gasteiger partial charge in [-0.2, -0.15) is 0 Å². The number of ether oxygens (including phenoxy) is 1. The number of hydrogen-bond acceptors (Lipinski definition) is 6. The van der Waals surface area contributed by atoms with Crippen molar-refractivity contribution in [3.63, 3.8) is 0 Å². The lowest BCUT2D eigenvalue weighted by atomic mass is 9.84. The Bertz CT molecular complexity index is 565. The van der Waals surface area contributed by atoms with Crippen LogP contribution in [0.4, 0.5) is 5.69 Å². The molecule has 0 heterocycles. The number of likely N-dealkylation sites (N-methyl/N-ethyl adjacent to an activating group) is 1. The van der Waals surface area contributed by atoms with Gasteiger partial charge in [0.1, 0.15) is 17.9 Å². The zero-order valence-corrected chi connectivity index (χ0v) is 11.6. The van der Waals surface area contributed by atoms with Crippen molar-refractivity contribution in [1.82, 2.24) is 4.90 Å². The summed E-state index contributed by atoms with van der Waals surface area (Å²) in [7, 11) is 0. The number of hydrogen-bond donors (Lipinski definition) is 2. The van der Waals surface area contributed by atoms with Crippen molar-refractivity contribution in [3.05, 3.63) is 22.8 Å². The summed E-state index contributed by atoms with van der Waals surface area (Å²) in [5, 5.41) is 9.85. The van der Waals surface area contributed by atoms with Crippen molar-refractivity contribution in [1.29, 1.82) is 0 Å². The fourth-order valence-electron chi connectivity index (χ4n) is 2.22. The third-order valence-electron chi connectivity index (χ3n) is 3.57. The van der Waals surface area contributed by atoms with E-state index >= 15 is 0 Å². The lowest BCUT2D eigenvalue weighted by Gasteiger charge is -2.22. The Hall–Kier alpha value is -2.08. The number of nitrogen functional groups attached to an aromatic ring is 1. The van der Waals surface area contributed by atoms with Gasteiger partial charge in [-0.25, -0.2) is 4.79 Å². The molecule has 0 saturated heterocycles. The molecule has 0 aliphatic heterocycles. The molecular weight excluding hydrogens is 260 g/mol. The number of nitrogens with two attached hydrogens (primary N) is 1. The summed E-state index contributed by atoms with van der Waals surface area (Å²) < 4.78 is 5.11. The molecule has 0 spiro atoms. The van der Waals surface area contributed by atoms with E-state index in [0.717, 1.165) is 13.1 Å². The van der Waals surface area contributed by atoms with Gasteiger partial charge in [-0.15, -0.1) is 0 Å². The molecule has 0 atom stereocenters. The highest BCUT2D eigenvalue weighted by Gasteiger charge is 2.35. The van der Waals surface area contributed by atoms with Crippen LogP contribution >= 0.6 is 0 Å². The zero-order chi connectivity index (χ0) is 14.9. The highest BCUT2D eigenvalue weighted by molar-refractivity contribution is 6.28. The molecule has 3 N–H and O–H groups in total. The van der Waals surface area contributed by atoms with Gasteiger partial charge in [0.25, 0.3) is 0 Å². The second-order valence-corrected chi connectivity index (χ2v) is 4.60. The zero-order valence-electron chi connectivity index (χ0n) is 11.6. The van der Waals surface area contributed by atoms with Gasteiger partial charge in [0.05, 0.1) is 11.3 Å². The number of fused-ring (bicyclic) bond motifs is 2. The highest BCUT2D eigenvalue weighted by Crippen LogP contribution is 2.41. The van der Waals surface area contributed by atoms with E-state index in [4.69, 9.17) is 10.5 Å². The molecule has 2 aliphatic rings. The predicted octanol–water partition coefficient (Wildman–Crippen LogP) is 1.02. The van der Waals surface area contributed by atoms with Crippen molar-refractivity contribution < 1.29 is 19.4 Å². The molecular formula is C14H18N2O4. The van der Waals surface area contributed by atoms with Crippen LogP contribution in [0.3, 0.4) is 0 Å². The van der Waals surface area contributed by atoms with Crippen LogP contribution < -0.4 is 5.73 Å². The minimum absolute atomic E-state index is 0.00310. The van der Waals surface area contributed by atoms with Crippen molar-refractivity contribution >= 4 is 17.4 Å². The molecule has 2 bridgehead atoms. The Morgan fingerprint density at radius 3 is 2.55 bits per heavy atom. The molecule has 0 aromatic heterocycles. The minimum atomic E-state index is -0.635. The largest absolute Gasteiger partial charge is 0.506 e. The van der Waals surface area contributed by atoms with Gasteiger partial charge in [-0.3, -0.25) is 4.79 Å². The van der Waals surface area contributed by atoms with Gasteiger partial charge in [0.2, 0.25) is 5.78 Å². The number of phenolic OH excluding ortho intramolecular Hbond substituents is 1. The lowest BCUT2D eigenvalue weighted by molar-refractivity contribution is 0.0463. The Morgan fingerprint density at radius 2 is 2.05 bits per heavy atom. The first-order chi connectivity index (χ1) is 9.51. The van der Waals surface area contributed by atoms with Crippen LogP contribution in [0.2, 0.25) is 0 Å². The van der Waals surface area contributed by atoms with Gasteiger partial charge >= 0.3 is 5.97 Å². The normalized spacial score (nSPS) is 12.4. The number of phenols is 1. The molecule has 0 saturated carbocycles. The van der Waals surface area contributed by atoms with E-state index < -0.39 is 5.97 Å². The molecule has 6 heteroatoms. The summed E-state index contributed by atoms with van der Waals surface area (Å²) in [6, 6.07) is 1.29. The molecule has 20 heavy (non-hydrogen) atoms. The maximum Gasteiger partial charge on any atom is 0.342 e. The third-order valence-corrected chi connectivity index (χ3v) is 3.57. The Labute approximate surface area is 117 Å². The molecule has 0 amide bonds. The Balaban J connectivity index is 2.00. The van der Waals surface area contributed by atoms with Gasteiger partial charge in [0, 0.05) is 12.1 Å². The van der Waals surface area contributed by atoms with Crippen molar-refractivity contribution in [2.45, 2.75) is 13.8 Å². The second kappa shape index (κ2) is 5.50. The first kappa shape index (κ1) is 14.3. The molecule has 108 valence electrons. The monoisotopic (exact) mass is 278 g/mol. The summed E-state index contributed by atoms with van der Waals surface area (Å²) in [5.41, 5.74) is 6.13. The number of nitrogens with zero attached hydrogens (tertiary/aromatic N) is 1. The van der Waals surface area contributed by atoms with Gasteiger partial charge in [-0.05, 0) is 19.2 Å². The number of anilines is 1. The van der Waals surface area contributed by atoms with E-state index in [-0.39, 0.29) is 40.5 Å². The molecule has 0 radical (unpaired) electrons. The smallest absolute Gasteiger partial charge is 0.342 e. The number of aromatic hydroxyl groups is 1. The van der Waals surface area contributed by atoms with Crippen LogP contribution in [-0.4, -0.2) is 48.0 Å². The Morgan fingerprint density at radius 1 is 1.40 bits per heavy atom. The van der Waals surface area contributed by atoms with E-state index in [1.54, 1.807) is 0 Å². The number of benzene rings is 1. The molecule has 0 unspecified atom stereocenters. The third kappa shape index (κ3) is 2.22. The molecule has 1 aromatic rings. The summed E-state index contributed by atoms with van der Waals surface area (Å²) in [6.07, 6.45) is 0. The maximum atomic E-state index is 11.9. The minimum Gasteiger partial charge on any atom is -0.506 e. The first-order valence-corrected chi connectivity index (χ1v) is 6.60. The van der Waals surface area contributed by atoms with Gasteiger partial charge < -0.3 is 20.5 Å². The van der Waals surface area contributed by atoms with E-state index in [9.17, 15) is 14.7 Å². The number of carbonyl (C=O) groups is 2. The SMILES string of the molecule is CCN(CC)CCOC(=O)c1cc2c(N)c(c1O)C2=O. The predicted molar refractivity (Wildman–Crippen MR) is 74.0 cm³/mol. The van der Waals surface area contributed by atoms with Gasteiger partial charge in [0.15, 0.2) is 0 Å². The average molecular weight is 278 g/mol. The summed E-state index contributed by atoms with van der Waals surface area (Å²) in [4.78, 5) is 25.4. The van der Waals surface area contributed by atoms with Crippen LogP contribution in [0.25, 0.3) is 0 Å². The molecule has 2 aliphatic carbocycles. The van der Waals surface area contributed by atoms with Crippen LogP contribution in [0.1, 0.15) is 40.1 Å². The van der Waals surface area contributed by atoms with Crippen molar-refractivity contribution in [2.75, 3.05) is 32.0 Å². The molecule has 6 nitrogen and oxygen atoms in total. The molecule has 0 fully saturated rings. The fraction of sp³-hybridized carbons (Fsp3) is 0.429. The number of ketones is 1. The topological polar surface area (TPSA) is 92.9 Å². The fourth-order valence-corrected chi connectivity index (χ4v) is 2.22. The quantitative estimate of drug-likeness (QED) is 0.605. The van der Waals surface area contributed by atoms with Crippen LogP contribution in [0.5, 0.6) is 5.75 Å². The second-order valence-electron chi connectivity index (χ2n) is 4.60. The molecule has 3 rings (SSSR count). The van der Waals surface area contributed by atoms with Crippen molar-refractivity contribution in [3.8, 4) is 5.75 Å². The van der Waals surface area contributed by atoms with E-state index in [0.29, 0.717) is 6.54 Å². The van der Waals surface area contributed by atoms with E-state index in [1.165, 1.54) is 6.07 Å². The summed E-state index contributed by atoms with van der Waals surface area (Å²) in [6.45, 7) is 6.68. The summed E-state index contributed by atoms with van der Waals surface area (Å²) >= 11 is 0. The number of esters is 1. The highest BCUT2D eigenvalue weighted by atomic mass is 16.5. The first-order valence-electron chi connectivity index (χ1n) is 6.60. The van der Waals surface area contributed by atoms with Gasteiger partial charge in [-0.1, -0.05) is 13.8 Å². The van der Waals surface area contributed by atoms with Crippen LogP contribution in [-0.2, 0) is 4.74 Å². The van der Waals surface area contributed by atoms with Crippen LogP contribution in [0, 0.1) is 0 Å². The average Bonchev–Trinajstić information content (AvgIpc) is 2.44. The van der Waals surface area contributed by atoms with E-state index in [1.807, 2.05) is 13.8 Å². The Kier molecular flexibility index (Phi) is 3.94. The van der Waals surface area contributed by atoms with Crippen molar-refractivity contribution in [2.24, 2.45) is 0 Å². The van der Waals surface area contributed by atoms with Crippen LogP contribution in [0.15, 0.2) is 6.07 Å². The summed E-state index contributed by atoms with van der Waals surface area (Å²) in [5.74, 6) is -1.33. The number of carbonyl (C=O) groups excluding carboxylic acids is 2. The maximum absolute atomic E-state index is 11.9. The van der Waals surface area contributed by atoms with E-state index in [2.05, 4.69) is 4.90 Å². The lowest BCUT2D eigenvalue weighted by Crippen LogP contribution is -2.28.